The number of rotatable bonds is 6. The minimum atomic E-state index is 0.520. The molecule has 0 radical (unpaired) electrons. The second kappa shape index (κ2) is 6.45. The number of aromatic nitrogens is 1. The van der Waals surface area contributed by atoms with Crippen molar-refractivity contribution >= 4 is 22.7 Å². The maximum absolute atomic E-state index is 4.81. The molecule has 2 aromatic rings. The lowest BCUT2D eigenvalue weighted by Crippen LogP contribution is -2.21. The molecular formula is C14H20N2S2. The van der Waals surface area contributed by atoms with Crippen LogP contribution in [0.2, 0.25) is 0 Å². The van der Waals surface area contributed by atoms with E-state index in [0.29, 0.717) is 6.04 Å². The molecule has 2 nitrogen and oxygen atoms in total. The van der Waals surface area contributed by atoms with Crippen molar-refractivity contribution in [2.45, 2.75) is 46.2 Å². The van der Waals surface area contributed by atoms with Crippen molar-refractivity contribution in [2.24, 2.45) is 0 Å². The van der Waals surface area contributed by atoms with Gasteiger partial charge >= 0.3 is 0 Å². The van der Waals surface area contributed by atoms with E-state index in [9.17, 15) is 0 Å². The van der Waals surface area contributed by atoms with Crippen LogP contribution in [0.1, 0.15) is 37.8 Å². The molecule has 0 aliphatic carbocycles. The van der Waals surface area contributed by atoms with E-state index in [-0.39, 0.29) is 0 Å². The second-order valence-corrected chi connectivity index (χ2v) is 6.68. The second-order valence-electron chi connectivity index (χ2n) is 4.65. The monoisotopic (exact) mass is 280 g/mol. The summed E-state index contributed by atoms with van der Waals surface area (Å²) in [5, 5.41) is 6.78. The smallest absolute Gasteiger partial charge is 0.133 e. The summed E-state index contributed by atoms with van der Waals surface area (Å²) in [5.41, 5.74) is 1.28. The molecule has 2 aromatic heterocycles. The summed E-state index contributed by atoms with van der Waals surface area (Å²) in [4.78, 5) is 7.49. The first-order valence-corrected chi connectivity index (χ1v) is 8.16. The van der Waals surface area contributed by atoms with Crippen molar-refractivity contribution in [3.05, 3.63) is 28.1 Å². The normalized spacial score (nSPS) is 11.3. The SMILES string of the molecule is CCCc1nc(-c2cccs2)sc1CNC(C)C. The van der Waals surface area contributed by atoms with E-state index >= 15 is 0 Å². The van der Waals surface area contributed by atoms with E-state index in [1.807, 2.05) is 11.3 Å². The highest BCUT2D eigenvalue weighted by Gasteiger charge is 2.12. The average molecular weight is 280 g/mol. The Bertz CT molecular complexity index is 472. The summed E-state index contributed by atoms with van der Waals surface area (Å²) in [5.74, 6) is 0. The Hall–Kier alpha value is -0.710. The van der Waals surface area contributed by atoms with Crippen LogP contribution < -0.4 is 5.32 Å². The van der Waals surface area contributed by atoms with E-state index in [1.54, 1.807) is 11.3 Å². The molecule has 4 heteroatoms. The Kier molecular flexibility index (Phi) is 4.92. The molecular weight excluding hydrogens is 260 g/mol. The van der Waals surface area contributed by atoms with Crippen LogP contribution in [0.25, 0.3) is 9.88 Å². The molecule has 0 atom stereocenters. The highest BCUT2D eigenvalue weighted by Crippen LogP contribution is 2.31. The van der Waals surface area contributed by atoms with Gasteiger partial charge in [0.05, 0.1) is 10.6 Å². The zero-order valence-electron chi connectivity index (χ0n) is 11.2. The molecule has 0 saturated carbocycles. The first-order valence-electron chi connectivity index (χ1n) is 6.46. The molecule has 2 heterocycles. The maximum atomic E-state index is 4.81. The number of thiazole rings is 1. The lowest BCUT2D eigenvalue weighted by Gasteiger charge is -2.07. The highest BCUT2D eigenvalue weighted by molar-refractivity contribution is 7.21. The van der Waals surface area contributed by atoms with Gasteiger partial charge in [-0.2, -0.15) is 0 Å². The van der Waals surface area contributed by atoms with Gasteiger partial charge in [-0.05, 0) is 17.9 Å². The molecule has 0 spiro atoms. The van der Waals surface area contributed by atoms with Crippen molar-refractivity contribution in [3.8, 4) is 9.88 Å². The minimum Gasteiger partial charge on any atom is -0.310 e. The summed E-state index contributed by atoms with van der Waals surface area (Å²) < 4.78 is 0. The number of hydrogen-bond acceptors (Lipinski definition) is 4. The molecule has 0 unspecified atom stereocenters. The maximum Gasteiger partial charge on any atom is 0.133 e. The summed E-state index contributed by atoms with van der Waals surface area (Å²) in [6, 6.07) is 4.76. The standard InChI is InChI=1S/C14H20N2S2/c1-4-6-11-13(9-15-10(2)3)18-14(16-11)12-7-5-8-17-12/h5,7-8,10,15H,4,6,9H2,1-3H3. The summed E-state index contributed by atoms with van der Waals surface area (Å²) in [6.07, 6.45) is 2.24. The Morgan fingerprint density at radius 2 is 2.22 bits per heavy atom. The van der Waals surface area contributed by atoms with E-state index in [2.05, 4.69) is 43.6 Å². The lowest BCUT2D eigenvalue weighted by atomic mass is 10.2. The van der Waals surface area contributed by atoms with Crippen LogP contribution in [-0.2, 0) is 13.0 Å². The van der Waals surface area contributed by atoms with Gasteiger partial charge in [0.2, 0.25) is 0 Å². The van der Waals surface area contributed by atoms with Gasteiger partial charge in [-0.3, -0.25) is 0 Å². The molecule has 2 rings (SSSR count). The van der Waals surface area contributed by atoms with Crippen LogP contribution >= 0.6 is 22.7 Å². The van der Waals surface area contributed by atoms with Crippen LogP contribution in [-0.4, -0.2) is 11.0 Å². The predicted molar refractivity (Wildman–Crippen MR) is 81.4 cm³/mol. The molecule has 0 aromatic carbocycles. The van der Waals surface area contributed by atoms with E-state index in [0.717, 1.165) is 19.4 Å². The topological polar surface area (TPSA) is 24.9 Å². The number of thiophene rings is 1. The van der Waals surface area contributed by atoms with Crippen molar-refractivity contribution in [3.63, 3.8) is 0 Å². The van der Waals surface area contributed by atoms with E-state index < -0.39 is 0 Å². The minimum absolute atomic E-state index is 0.520. The molecule has 18 heavy (non-hydrogen) atoms. The first-order chi connectivity index (χ1) is 8.70. The number of aryl methyl sites for hydroxylation is 1. The van der Waals surface area contributed by atoms with Crippen LogP contribution in [0.15, 0.2) is 17.5 Å². The first kappa shape index (κ1) is 13.7. The van der Waals surface area contributed by atoms with Gasteiger partial charge in [-0.1, -0.05) is 33.3 Å². The fourth-order valence-corrected chi connectivity index (χ4v) is 3.61. The Morgan fingerprint density at radius 3 is 2.83 bits per heavy atom. The Balaban J connectivity index is 2.21. The van der Waals surface area contributed by atoms with Crippen molar-refractivity contribution in [1.29, 1.82) is 0 Å². The Labute approximate surface area is 117 Å². The van der Waals surface area contributed by atoms with Gasteiger partial charge in [0.25, 0.3) is 0 Å². The molecule has 0 bridgehead atoms. The molecule has 0 saturated heterocycles. The third kappa shape index (κ3) is 3.40. The van der Waals surface area contributed by atoms with Gasteiger partial charge in [-0.15, -0.1) is 22.7 Å². The van der Waals surface area contributed by atoms with E-state index in [4.69, 9.17) is 4.98 Å². The van der Waals surface area contributed by atoms with E-state index in [1.165, 1.54) is 20.5 Å². The molecule has 0 aliphatic rings. The van der Waals surface area contributed by atoms with Gasteiger partial charge in [0.15, 0.2) is 0 Å². The number of nitrogens with one attached hydrogen (secondary N) is 1. The molecule has 98 valence electrons. The zero-order valence-corrected chi connectivity index (χ0v) is 12.8. The van der Waals surface area contributed by atoms with Crippen LogP contribution in [0.4, 0.5) is 0 Å². The number of nitrogens with zero attached hydrogens (tertiary/aromatic N) is 1. The summed E-state index contributed by atoms with van der Waals surface area (Å²) in [7, 11) is 0. The molecule has 0 aliphatic heterocycles. The average Bonchev–Trinajstić information content (AvgIpc) is 2.95. The van der Waals surface area contributed by atoms with Crippen LogP contribution in [0, 0.1) is 0 Å². The predicted octanol–water partition coefficient (Wildman–Crippen LogP) is 4.32. The van der Waals surface area contributed by atoms with Gasteiger partial charge < -0.3 is 5.32 Å². The van der Waals surface area contributed by atoms with Gasteiger partial charge in [0.1, 0.15) is 5.01 Å². The summed E-state index contributed by atoms with van der Waals surface area (Å²) >= 11 is 3.60. The largest absolute Gasteiger partial charge is 0.310 e. The third-order valence-corrected chi connectivity index (χ3v) is 4.80. The van der Waals surface area contributed by atoms with Crippen molar-refractivity contribution in [1.82, 2.24) is 10.3 Å². The quantitative estimate of drug-likeness (QED) is 0.852. The third-order valence-electron chi connectivity index (χ3n) is 2.67. The molecule has 0 fully saturated rings. The Morgan fingerprint density at radius 1 is 1.39 bits per heavy atom. The summed E-state index contributed by atoms with van der Waals surface area (Å²) in [6.45, 7) is 7.52. The number of hydrogen-bond donors (Lipinski definition) is 1. The van der Waals surface area contributed by atoms with Crippen LogP contribution in [0.3, 0.4) is 0 Å². The van der Waals surface area contributed by atoms with Crippen LogP contribution in [0.5, 0.6) is 0 Å². The van der Waals surface area contributed by atoms with Crippen molar-refractivity contribution < 1.29 is 0 Å². The molecule has 1 N–H and O–H groups in total. The lowest BCUT2D eigenvalue weighted by molar-refractivity contribution is 0.589. The molecule has 0 amide bonds. The van der Waals surface area contributed by atoms with Gasteiger partial charge in [-0.25, -0.2) is 4.98 Å². The zero-order chi connectivity index (χ0) is 13.0. The van der Waals surface area contributed by atoms with Crippen molar-refractivity contribution in [2.75, 3.05) is 0 Å². The van der Waals surface area contributed by atoms with Gasteiger partial charge in [0, 0.05) is 17.5 Å². The fourth-order valence-electron chi connectivity index (χ4n) is 1.76. The highest BCUT2D eigenvalue weighted by atomic mass is 32.1. The fraction of sp³-hybridized carbons (Fsp3) is 0.500.